The van der Waals surface area contributed by atoms with Crippen LogP contribution in [-0.2, 0) is 0 Å². The van der Waals surface area contributed by atoms with Gasteiger partial charge in [0.05, 0.1) is 6.10 Å². The SMILES string of the molecule is O[C@@H](CSc1cccc(Cl)c1)CN1CCN(c2cccc(Cl)c2)CC1. The Bertz CT molecular complexity index is 693. The van der Waals surface area contributed by atoms with Crippen molar-refractivity contribution < 1.29 is 5.11 Å². The van der Waals surface area contributed by atoms with E-state index in [1.807, 2.05) is 42.5 Å². The maximum absolute atomic E-state index is 10.3. The molecule has 0 spiro atoms. The first kappa shape index (κ1) is 18.9. The van der Waals surface area contributed by atoms with Crippen molar-refractivity contribution in [3.8, 4) is 0 Å². The number of rotatable bonds is 6. The minimum absolute atomic E-state index is 0.346. The molecule has 2 aromatic carbocycles. The van der Waals surface area contributed by atoms with E-state index < -0.39 is 0 Å². The first-order chi connectivity index (χ1) is 12.1. The van der Waals surface area contributed by atoms with Gasteiger partial charge in [0.25, 0.3) is 0 Å². The monoisotopic (exact) mass is 396 g/mol. The fraction of sp³-hybridized carbons (Fsp3) is 0.368. The maximum Gasteiger partial charge on any atom is 0.0760 e. The zero-order valence-corrected chi connectivity index (χ0v) is 16.3. The number of benzene rings is 2. The molecule has 3 rings (SSSR count). The molecular weight excluding hydrogens is 375 g/mol. The van der Waals surface area contributed by atoms with E-state index in [0.29, 0.717) is 12.3 Å². The molecule has 1 aliphatic rings. The van der Waals surface area contributed by atoms with Crippen molar-refractivity contribution in [3.05, 3.63) is 58.6 Å². The second-order valence-corrected chi connectivity index (χ2v) is 8.16. The van der Waals surface area contributed by atoms with Crippen molar-refractivity contribution in [1.29, 1.82) is 0 Å². The lowest BCUT2D eigenvalue weighted by Gasteiger charge is -2.37. The highest BCUT2D eigenvalue weighted by Gasteiger charge is 2.19. The number of nitrogens with zero attached hydrogens (tertiary/aromatic N) is 2. The molecule has 0 aliphatic carbocycles. The Morgan fingerprint density at radius 3 is 2.32 bits per heavy atom. The van der Waals surface area contributed by atoms with Crippen LogP contribution >= 0.6 is 35.0 Å². The van der Waals surface area contributed by atoms with Gasteiger partial charge < -0.3 is 10.0 Å². The summed E-state index contributed by atoms with van der Waals surface area (Å²) in [5.74, 6) is 0.675. The van der Waals surface area contributed by atoms with E-state index in [4.69, 9.17) is 23.2 Å². The van der Waals surface area contributed by atoms with E-state index in [1.165, 1.54) is 5.69 Å². The molecule has 0 unspecified atom stereocenters. The highest BCUT2D eigenvalue weighted by atomic mass is 35.5. The van der Waals surface area contributed by atoms with E-state index in [1.54, 1.807) is 11.8 Å². The van der Waals surface area contributed by atoms with E-state index in [2.05, 4.69) is 15.9 Å². The molecule has 3 nitrogen and oxygen atoms in total. The van der Waals surface area contributed by atoms with Crippen molar-refractivity contribution in [1.82, 2.24) is 4.90 Å². The number of anilines is 1. The van der Waals surface area contributed by atoms with E-state index >= 15 is 0 Å². The topological polar surface area (TPSA) is 26.7 Å². The third-order valence-corrected chi connectivity index (χ3v) is 5.86. The number of thioether (sulfide) groups is 1. The summed E-state index contributed by atoms with van der Waals surface area (Å²) in [6.07, 6.45) is -0.346. The predicted molar refractivity (Wildman–Crippen MR) is 108 cm³/mol. The summed E-state index contributed by atoms with van der Waals surface area (Å²) < 4.78 is 0. The van der Waals surface area contributed by atoms with Crippen LogP contribution < -0.4 is 4.90 Å². The lowest BCUT2D eigenvalue weighted by Crippen LogP contribution is -2.48. The molecule has 0 bridgehead atoms. The zero-order valence-electron chi connectivity index (χ0n) is 13.9. The molecule has 6 heteroatoms. The Hall–Kier alpha value is -0.910. The van der Waals surface area contributed by atoms with Crippen LogP contribution in [0.15, 0.2) is 53.4 Å². The minimum atomic E-state index is -0.346. The second-order valence-electron chi connectivity index (χ2n) is 6.19. The summed E-state index contributed by atoms with van der Waals surface area (Å²) in [7, 11) is 0. The van der Waals surface area contributed by atoms with Gasteiger partial charge in [-0.2, -0.15) is 0 Å². The van der Waals surface area contributed by atoms with Gasteiger partial charge in [-0.1, -0.05) is 35.3 Å². The van der Waals surface area contributed by atoms with Crippen LogP contribution in [0.1, 0.15) is 0 Å². The Morgan fingerprint density at radius 1 is 0.960 bits per heavy atom. The largest absolute Gasteiger partial charge is 0.391 e. The average Bonchev–Trinajstić information content (AvgIpc) is 2.61. The predicted octanol–water partition coefficient (Wildman–Crippen LogP) is 4.27. The van der Waals surface area contributed by atoms with Gasteiger partial charge in [0, 0.05) is 59.1 Å². The fourth-order valence-corrected chi connectivity index (χ4v) is 4.28. The molecule has 1 saturated heterocycles. The average molecular weight is 397 g/mol. The Kier molecular flexibility index (Phi) is 6.91. The number of halogens is 2. The number of aliphatic hydroxyl groups is 1. The quantitative estimate of drug-likeness (QED) is 0.737. The lowest BCUT2D eigenvalue weighted by molar-refractivity contribution is 0.126. The molecule has 1 fully saturated rings. The summed E-state index contributed by atoms with van der Waals surface area (Å²) in [5, 5.41) is 11.8. The number of β-amino-alcohol motifs (C(OH)–C–C–N with tert-alkyl or cyclic N) is 1. The van der Waals surface area contributed by atoms with E-state index in [-0.39, 0.29) is 6.10 Å². The lowest BCUT2D eigenvalue weighted by atomic mass is 10.2. The summed E-state index contributed by atoms with van der Waals surface area (Å²) in [5.41, 5.74) is 1.17. The molecule has 25 heavy (non-hydrogen) atoms. The Labute approximate surface area is 163 Å². The smallest absolute Gasteiger partial charge is 0.0760 e. The first-order valence-corrected chi connectivity index (χ1v) is 10.1. The van der Waals surface area contributed by atoms with Crippen LogP contribution in [0.25, 0.3) is 0 Å². The molecule has 2 aromatic rings. The summed E-state index contributed by atoms with van der Waals surface area (Å²) in [4.78, 5) is 5.76. The molecule has 0 saturated carbocycles. The van der Waals surface area contributed by atoms with Crippen molar-refractivity contribution in [2.45, 2.75) is 11.0 Å². The van der Waals surface area contributed by atoms with Crippen LogP contribution in [0.4, 0.5) is 5.69 Å². The summed E-state index contributed by atoms with van der Waals surface area (Å²) >= 11 is 13.7. The molecule has 134 valence electrons. The van der Waals surface area contributed by atoms with Gasteiger partial charge >= 0.3 is 0 Å². The zero-order chi connectivity index (χ0) is 17.6. The standard InChI is InChI=1S/C19H22Cl2N2OS/c20-15-3-1-5-17(11-15)23-9-7-22(8-10-23)13-18(24)14-25-19-6-2-4-16(21)12-19/h1-6,11-12,18,24H,7-10,13-14H2/t18-/m1/s1. The molecule has 0 aromatic heterocycles. The number of hydrogen-bond donors (Lipinski definition) is 1. The highest BCUT2D eigenvalue weighted by Crippen LogP contribution is 2.23. The van der Waals surface area contributed by atoms with Gasteiger partial charge in [-0.25, -0.2) is 0 Å². The van der Waals surface area contributed by atoms with Crippen LogP contribution in [0, 0.1) is 0 Å². The molecule has 1 N–H and O–H groups in total. The van der Waals surface area contributed by atoms with Crippen molar-refractivity contribution in [3.63, 3.8) is 0 Å². The summed E-state index contributed by atoms with van der Waals surface area (Å²) in [6, 6.07) is 15.7. The normalized spacial score (nSPS) is 16.8. The van der Waals surface area contributed by atoms with E-state index in [0.717, 1.165) is 41.1 Å². The summed E-state index contributed by atoms with van der Waals surface area (Å²) in [6.45, 7) is 4.51. The Morgan fingerprint density at radius 2 is 1.64 bits per heavy atom. The minimum Gasteiger partial charge on any atom is -0.391 e. The van der Waals surface area contributed by atoms with E-state index in [9.17, 15) is 5.11 Å². The van der Waals surface area contributed by atoms with Gasteiger partial charge in [0.1, 0.15) is 0 Å². The van der Waals surface area contributed by atoms with Crippen molar-refractivity contribution in [2.24, 2.45) is 0 Å². The van der Waals surface area contributed by atoms with Gasteiger partial charge in [-0.05, 0) is 36.4 Å². The molecule has 0 amide bonds. The van der Waals surface area contributed by atoms with Gasteiger partial charge in [-0.3, -0.25) is 4.90 Å². The molecule has 1 atom stereocenters. The van der Waals surface area contributed by atoms with Crippen molar-refractivity contribution in [2.75, 3.05) is 43.4 Å². The van der Waals surface area contributed by atoms with Crippen LogP contribution in [0.2, 0.25) is 10.0 Å². The third-order valence-electron chi connectivity index (χ3n) is 4.25. The molecule has 0 radical (unpaired) electrons. The van der Waals surface area contributed by atoms with Gasteiger partial charge in [-0.15, -0.1) is 11.8 Å². The number of hydrogen-bond acceptors (Lipinski definition) is 4. The Balaban J connectivity index is 1.42. The molecule has 1 aliphatic heterocycles. The first-order valence-electron chi connectivity index (χ1n) is 8.39. The maximum atomic E-state index is 10.3. The van der Waals surface area contributed by atoms with Crippen LogP contribution in [0.3, 0.4) is 0 Å². The number of piperazine rings is 1. The number of aliphatic hydroxyl groups excluding tert-OH is 1. The van der Waals surface area contributed by atoms with Crippen molar-refractivity contribution >= 4 is 40.7 Å². The van der Waals surface area contributed by atoms with Crippen LogP contribution in [-0.4, -0.2) is 54.6 Å². The second kappa shape index (κ2) is 9.15. The van der Waals surface area contributed by atoms with Gasteiger partial charge in [0.2, 0.25) is 0 Å². The van der Waals surface area contributed by atoms with Crippen LogP contribution in [0.5, 0.6) is 0 Å². The molecule has 1 heterocycles. The highest BCUT2D eigenvalue weighted by molar-refractivity contribution is 7.99. The fourth-order valence-electron chi connectivity index (χ4n) is 2.96. The molecular formula is C19H22Cl2N2OS. The van der Waals surface area contributed by atoms with Gasteiger partial charge in [0.15, 0.2) is 0 Å². The third kappa shape index (κ3) is 5.80.